The van der Waals surface area contributed by atoms with E-state index in [0.717, 1.165) is 31.2 Å². The Kier molecular flexibility index (Phi) is 6.23. The maximum Gasteiger partial charge on any atom is 0.225 e. The molecule has 0 aliphatic heterocycles. The first kappa shape index (κ1) is 16.8. The molecule has 2 unspecified atom stereocenters. The lowest BCUT2D eigenvalue weighted by Gasteiger charge is -2.26. The van der Waals surface area contributed by atoms with Crippen LogP contribution in [0.5, 0.6) is 0 Å². The number of rotatable bonds is 5. The average molecular weight is 320 g/mol. The fourth-order valence-electron chi connectivity index (χ4n) is 2.82. The Bertz CT molecular complexity index is 568. The summed E-state index contributed by atoms with van der Waals surface area (Å²) in [6.45, 7) is 2.58. The van der Waals surface area contributed by atoms with E-state index in [-0.39, 0.29) is 11.8 Å². The van der Waals surface area contributed by atoms with Crippen LogP contribution in [0.4, 0.5) is 5.69 Å². The number of hydrogen-bond donors (Lipinski definition) is 2. The van der Waals surface area contributed by atoms with Gasteiger partial charge in [-0.15, -0.1) is 0 Å². The van der Waals surface area contributed by atoms with Crippen molar-refractivity contribution in [2.75, 3.05) is 11.9 Å². The Morgan fingerprint density at radius 3 is 3.00 bits per heavy atom. The van der Waals surface area contributed by atoms with E-state index in [4.69, 9.17) is 16.9 Å². The number of carbonyl (C=O) groups excluding carboxylic acids is 1. The summed E-state index contributed by atoms with van der Waals surface area (Å²) in [5, 5.41) is 15.8. The van der Waals surface area contributed by atoms with E-state index in [9.17, 15) is 4.79 Å². The molecule has 0 radical (unpaired) electrons. The van der Waals surface area contributed by atoms with Crippen LogP contribution in [0.2, 0.25) is 5.02 Å². The highest BCUT2D eigenvalue weighted by Crippen LogP contribution is 2.24. The third kappa shape index (κ3) is 5.01. The molecule has 1 saturated carbocycles. The van der Waals surface area contributed by atoms with Gasteiger partial charge in [-0.25, -0.2) is 0 Å². The number of nitrogens with zero attached hydrogens (tertiary/aromatic N) is 1. The summed E-state index contributed by atoms with van der Waals surface area (Å²) in [6.07, 6.45) is 4.46. The van der Waals surface area contributed by atoms with Gasteiger partial charge in [-0.05, 0) is 43.9 Å². The quantitative estimate of drug-likeness (QED) is 0.870. The summed E-state index contributed by atoms with van der Waals surface area (Å²) < 4.78 is 0. The van der Waals surface area contributed by atoms with Gasteiger partial charge in [-0.1, -0.05) is 24.1 Å². The molecule has 1 fully saturated rings. The van der Waals surface area contributed by atoms with Crippen LogP contribution in [0, 0.1) is 24.2 Å². The number of halogens is 1. The summed E-state index contributed by atoms with van der Waals surface area (Å²) >= 11 is 6.10. The van der Waals surface area contributed by atoms with E-state index >= 15 is 0 Å². The van der Waals surface area contributed by atoms with Crippen molar-refractivity contribution < 1.29 is 4.79 Å². The van der Waals surface area contributed by atoms with Gasteiger partial charge in [-0.2, -0.15) is 5.26 Å². The van der Waals surface area contributed by atoms with Crippen LogP contribution in [0.15, 0.2) is 18.2 Å². The lowest BCUT2D eigenvalue weighted by atomic mass is 9.87. The summed E-state index contributed by atoms with van der Waals surface area (Å²) in [5.74, 6) is 0.109. The van der Waals surface area contributed by atoms with Gasteiger partial charge in [0.2, 0.25) is 5.91 Å². The molecule has 1 aliphatic carbocycles. The minimum absolute atomic E-state index is 0.0501. The SMILES string of the molecule is Cc1ccc(NC(=O)CCNC2CCCC(C#N)C2)c(Cl)c1. The molecular formula is C17H22ClN3O. The zero-order valence-electron chi connectivity index (χ0n) is 12.9. The van der Waals surface area contributed by atoms with Gasteiger partial charge in [0.05, 0.1) is 16.8 Å². The summed E-state index contributed by atoms with van der Waals surface area (Å²) in [7, 11) is 0. The fraction of sp³-hybridized carbons (Fsp3) is 0.529. The Balaban J connectivity index is 1.73. The van der Waals surface area contributed by atoms with Crippen LogP contribution in [0.3, 0.4) is 0 Å². The number of amides is 1. The summed E-state index contributed by atoms with van der Waals surface area (Å²) in [6, 6.07) is 8.27. The fourth-order valence-corrected chi connectivity index (χ4v) is 3.10. The van der Waals surface area contributed by atoms with E-state index in [2.05, 4.69) is 16.7 Å². The standard InChI is InChI=1S/C17H22ClN3O/c1-12-5-6-16(15(18)9-12)21-17(22)7-8-20-14-4-2-3-13(10-14)11-19/h5-6,9,13-14,20H,2-4,7-8,10H2,1H3,(H,21,22). The number of nitrogens with one attached hydrogen (secondary N) is 2. The molecule has 1 aromatic carbocycles. The Labute approximate surface area is 136 Å². The molecule has 1 aromatic rings. The average Bonchev–Trinajstić information content (AvgIpc) is 2.50. The first-order valence-electron chi connectivity index (χ1n) is 7.77. The number of carbonyl (C=O) groups is 1. The molecule has 0 aromatic heterocycles. The first-order chi connectivity index (χ1) is 10.6. The van der Waals surface area contributed by atoms with Crippen molar-refractivity contribution in [2.24, 2.45) is 5.92 Å². The van der Waals surface area contributed by atoms with Gasteiger partial charge >= 0.3 is 0 Å². The van der Waals surface area contributed by atoms with Gasteiger partial charge in [0.15, 0.2) is 0 Å². The predicted octanol–water partition coefficient (Wildman–Crippen LogP) is 3.65. The van der Waals surface area contributed by atoms with Crippen molar-refractivity contribution in [1.29, 1.82) is 5.26 Å². The Morgan fingerprint density at radius 2 is 2.27 bits per heavy atom. The van der Waals surface area contributed by atoms with Gasteiger partial charge in [0.1, 0.15) is 0 Å². The number of anilines is 1. The number of nitriles is 1. The maximum atomic E-state index is 11.9. The lowest BCUT2D eigenvalue weighted by molar-refractivity contribution is -0.116. The monoisotopic (exact) mass is 319 g/mol. The summed E-state index contributed by atoms with van der Waals surface area (Å²) in [5.41, 5.74) is 1.72. The molecule has 1 amide bonds. The first-order valence-corrected chi connectivity index (χ1v) is 8.15. The van der Waals surface area contributed by atoms with Crippen molar-refractivity contribution in [2.45, 2.75) is 45.1 Å². The molecular weight excluding hydrogens is 298 g/mol. The minimum Gasteiger partial charge on any atom is -0.325 e. The zero-order valence-corrected chi connectivity index (χ0v) is 13.6. The summed E-state index contributed by atoms with van der Waals surface area (Å²) in [4.78, 5) is 11.9. The van der Waals surface area contributed by atoms with Crippen molar-refractivity contribution in [1.82, 2.24) is 5.32 Å². The van der Waals surface area contributed by atoms with E-state index in [0.29, 0.717) is 29.7 Å². The second kappa shape index (κ2) is 8.17. The van der Waals surface area contributed by atoms with E-state index in [1.807, 2.05) is 25.1 Å². The molecule has 4 nitrogen and oxygen atoms in total. The highest BCUT2D eigenvalue weighted by atomic mass is 35.5. The van der Waals surface area contributed by atoms with E-state index in [1.54, 1.807) is 0 Å². The number of aryl methyl sites for hydroxylation is 1. The second-order valence-electron chi connectivity index (χ2n) is 5.93. The largest absolute Gasteiger partial charge is 0.325 e. The van der Waals surface area contributed by atoms with Crippen LogP contribution in [0.1, 0.15) is 37.7 Å². The molecule has 2 rings (SSSR count). The Morgan fingerprint density at radius 1 is 1.45 bits per heavy atom. The molecule has 2 atom stereocenters. The highest BCUT2D eigenvalue weighted by molar-refractivity contribution is 6.33. The smallest absolute Gasteiger partial charge is 0.225 e. The zero-order chi connectivity index (χ0) is 15.9. The van der Waals surface area contributed by atoms with Crippen molar-refractivity contribution in [3.63, 3.8) is 0 Å². The molecule has 5 heteroatoms. The van der Waals surface area contributed by atoms with Crippen LogP contribution < -0.4 is 10.6 Å². The molecule has 0 saturated heterocycles. The van der Waals surface area contributed by atoms with E-state index < -0.39 is 0 Å². The van der Waals surface area contributed by atoms with E-state index in [1.165, 1.54) is 0 Å². The van der Waals surface area contributed by atoms with Crippen LogP contribution >= 0.6 is 11.6 Å². The molecule has 2 N–H and O–H groups in total. The molecule has 0 heterocycles. The molecule has 118 valence electrons. The minimum atomic E-state index is -0.0501. The third-order valence-electron chi connectivity index (χ3n) is 4.04. The molecule has 1 aliphatic rings. The van der Waals surface area contributed by atoms with Crippen LogP contribution in [-0.4, -0.2) is 18.5 Å². The van der Waals surface area contributed by atoms with Crippen LogP contribution in [0.25, 0.3) is 0 Å². The van der Waals surface area contributed by atoms with Crippen LogP contribution in [-0.2, 0) is 4.79 Å². The van der Waals surface area contributed by atoms with Gasteiger partial charge in [0.25, 0.3) is 0 Å². The molecule has 0 spiro atoms. The second-order valence-corrected chi connectivity index (χ2v) is 6.33. The Hall–Kier alpha value is -1.57. The number of benzene rings is 1. The van der Waals surface area contributed by atoms with Crippen molar-refractivity contribution >= 4 is 23.2 Å². The topological polar surface area (TPSA) is 64.9 Å². The van der Waals surface area contributed by atoms with Crippen molar-refractivity contribution in [3.05, 3.63) is 28.8 Å². The predicted molar refractivity (Wildman–Crippen MR) is 88.8 cm³/mol. The van der Waals surface area contributed by atoms with Gasteiger partial charge in [0, 0.05) is 24.9 Å². The lowest BCUT2D eigenvalue weighted by Crippen LogP contribution is -2.35. The van der Waals surface area contributed by atoms with Gasteiger partial charge < -0.3 is 10.6 Å². The van der Waals surface area contributed by atoms with Crippen molar-refractivity contribution in [3.8, 4) is 6.07 Å². The maximum absolute atomic E-state index is 11.9. The highest BCUT2D eigenvalue weighted by Gasteiger charge is 2.21. The molecule has 0 bridgehead atoms. The molecule has 22 heavy (non-hydrogen) atoms. The number of hydrogen-bond acceptors (Lipinski definition) is 3. The normalized spacial score (nSPS) is 21.1. The third-order valence-corrected chi connectivity index (χ3v) is 4.35. The van der Waals surface area contributed by atoms with Gasteiger partial charge in [-0.3, -0.25) is 4.79 Å².